The maximum absolute atomic E-state index is 13.2. The van der Waals surface area contributed by atoms with E-state index in [0.717, 1.165) is 11.3 Å². The minimum absolute atomic E-state index is 0.0544. The quantitative estimate of drug-likeness (QED) is 0.156. The van der Waals surface area contributed by atoms with Crippen molar-refractivity contribution in [1.82, 2.24) is 14.6 Å². The van der Waals surface area contributed by atoms with Crippen LogP contribution < -0.4 is 11.1 Å². The Morgan fingerprint density at radius 1 is 1.52 bits per heavy atom. The van der Waals surface area contributed by atoms with Crippen LogP contribution in [0.2, 0.25) is 0 Å². The van der Waals surface area contributed by atoms with Gasteiger partial charge in [-0.15, -0.1) is 11.3 Å². The number of carboxylic acids is 1. The van der Waals surface area contributed by atoms with Crippen molar-refractivity contribution >= 4 is 50.3 Å². The van der Waals surface area contributed by atoms with Gasteiger partial charge in [0.2, 0.25) is 5.60 Å². The molecule has 5 N–H and O–H groups in total. The lowest BCUT2D eigenvalue weighted by Gasteiger charge is -2.42. The first kappa shape index (κ1) is 20.9. The largest absolute Gasteiger partial charge is 0.478 e. The summed E-state index contributed by atoms with van der Waals surface area (Å²) >= 11 is 0.940. The second-order valence-corrected chi connectivity index (χ2v) is 8.36. The highest BCUT2D eigenvalue weighted by atomic mass is 32.2. The van der Waals surface area contributed by atoms with Gasteiger partial charge in [0.1, 0.15) is 24.5 Å². The molecule has 0 spiro atoms. The van der Waals surface area contributed by atoms with Gasteiger partial charge in [-0.1, -0.05) is 5.16 Å². The van der Waals surface area contributed by atoms with Gasteiger partial charge in [0.15, 0.2) is 10.8 Å². The molecule has 3 rings (SSSR count). The summed E-state index contributed by atoms with van der Waals surface area (Å²) in [6, 6.07) is -3.26. The number of carbonyl (C=O) groups excluding carboxylic acids is 2. The van der Waals surface area contributed by atoms with Gasteiger partial charge in [0, 0.05) is 18.2 Å². The van der Waals surface area contributed by atoms with Crippen molar-refractivity contribution < 1.29 is 41.7 Å². The third-order valence-electron chi connectivity index (χ3n) is 4.25. The summed E-state index contributed by atoms with van der Waals surface area (Å²) in [5.74, 6) is -3.65. The Bertz CT molecular complexity index is 1000. The molecule has 1 aliphatic heterocycles. The van der Waals surface area contributed by atoms with Crippen LogP contribution in [-0.2, 0) is 29.5 Å². The van der Waals surface area contributed by atoms with Gasteiger partial charge in [0.05, 0.1) is 0 Å². The number of anilines is 1. The molecule has 0 unspecified atom stereocenters. The first-order valence-electron chi connectivity index (χ1n) is 7.88. The molecular formula is C13H14FN5O8S2. The average molecular weight is 451 g/mol. The number of aliphatic carboxylic acids is 1. The molecular weight excluding hydrogens is 437 g/mol. The van der Waals surface area contributed by atoms with Crippen LogP contribution in [0.25, 0.3) is 0 Å². The topological polar surface area (TPSA) is 202 Å². The van der Waals surface area contributed by atoms with Crippen LogP contribution in [0.4, 0.5) is 9.52 Å². The van der Waals surface area contributed by atoms with E-state index in [0.29, 0.717) is 0 Å². The minimum atomic E-state index is -5.00. The van der Waals surface area contributed by atoms with Gasteiger partial charge in [0.25, 0.3) is 11.8 Å². The Hall–Kier alpha value is -2.85. The normalized spacial score (nSPS) is 23.3. The fourth-order valence-electron chi connectivity index (χ4n) is 2.51. The van der Waals surface area contributed by atoms with E-state index in [-0.39, 0.29) is 28.0 Å². The molecule has 13 nitrogen and oxygen atoms in total. The first-order chi connectivity index (χ1) is 13.5. The van der Waals surface area contributed by atoms with Crippen LogP contribution >= 0.6 is 11.3 Å². The number of amides is 2. The van der Waals surface area contributed by atoms with Gasteiger partial charge in [-0.2, -0.15) is 8.42 Å². The Kier molecular flexibility index (Phi) is 5.18. The van der Waals surface area contributed by atoms with Crippen molar-refractivity contribution in [2.75, 3.05) is 12.4 Å². The molecule has 1 aromatic heterocycles. The minimum Gasteiger partial charge on any atom is -0.478 e. The number of thiazole rings is 1. The lowest BCUT2D eigenvalue weighted by molar-refractivity contribution is -0.153. The van der Waals surface area contributed by atoms with Crippen LogP contribution in [0.1, 0.15) is 18.5 Å². The summed E-state index contributed by atoms with van der Waals surface area (Å²) in [5, 5.41) is 16.1. The number of nitrogen functional groups attached to an aromatic ring is 1. The molecule has 2 atom stereocenters. The maximum atomic E-state index is 13.2. The van der Waals surface area contributed by atoms with Gasteiger partial charge in [-0.25, -0.2) is 18.5 Å². The molecule has 2 fully saturated rings. The van der Waals surface area contributed by atoms with Gasteiger partial charge in [-0.05, 0) is 0 Å². The van der Waals surface area contributed by atoms with E-state index in [9.17, 15) is 27.2 Å². The van der Waals surface area contributed by atoms with Crippen LogP contribution in [0, 0.1) is 0 Å². The van der Waals surface area contributed by atoms with E-state index in [1.54, 1.807) is 0 Å². The number of nitrogens with one attached hydrogen (secondary N) is 1. The summed E-state index contributed by atoms with van der Waals surface area (Å²) in [7, 11) is -5.00. The number of nitrogens with two attached hydrogens (primary N) is 1. The number of alkyl halides is 1. The standard InChI is InChI=1S/C13H14FN5O8S2/c14-3-6-8(10(21)19(6)29(24,25)26)17-9(20)7(5-4-28-12(15)16-5)18-27-13(1-2-13)11(22)23/h4,6,8H,1-3H2,(H2,15,16)(H,17,20)(H,22,23)(H,24,25,26)/b18-7+/t6-,8-/m0/s1. The summed E-state index contributed by atoms with van der Waals surface area (Å²) in [5.41, 5.74) is 3.29. The van der Waals surface area contributed by atoms with E-state index < -0.39 is 58.2 Å². The Labute approximate surface area is 166 Å². The smallest absolute Gasteiger partial charge is 0.362 e. The van der Waals surface area contributed by atoms with E-state index in [2.05, 4.69) is 15.5 Å². The number of hydrogen-bond donors (Lipinski definition) is 4. The summed E-state index contributed by atoms with van der Waals surface area (Å²) in [6.07, 6.45) is 0.322. The van der Waals surface area contributed by atoms with Crippen LogP contribution in [-0.4, -0.2) is 75.2 Å². The Morgan fingerprint density at radius 3 is 2.62 bits per heavy atom. The van der Waals surface area contributed by atoms with Crippen molar-refractivity contribution in [3.8, 4) is 0 Å². The molecule has 16 heteroatoms. The van der Waals surface area contributed by atoms with Crippen LogP contribution in [0.3, 0.4) is 0 Å². The maximum Gasteiger partial charge on any atom is 0.362 e. The van der Waals surface area contributed by atoms with E-state index in [1.807, 2.05) is 0 Å². The van der Waals surface area contributed by atoms with Crippen LogP contribution in [0.15, 0.2) is 10.5 Å². The fourth-order valence-corrected chi connectivity index (χ4v) is 3.92. The molecule has 2 aliphatic rings. The molecule has 1 aromatic rings. The zero-order valence-electron chi connectivity index (χ0n) is 14.3. The van der Waals surface area contributed by atoms with Crippen molar-refractivity contribution in [3.05, 3.63) is 11.1 Å². The number of nitrogens with zero attached hydrogens (tertiary/aromatic N) is 3. The van der Waals surface area contributed by atoms with Crippen molar-refractivity contribution in [3.63, 3.8) is 0 Å². The van der Waals surface area contributed by atoms with Gasteiger partial charge >= 0.3 is 16.3 Å². The predicted molar refractivity (Wildman–Crippen MR) is 93.8 cm³/mol. The lowest BCUT2D eigenvalue weighted by Crippen LogP contribution is -2.73. The van der Waals surface area contributed by atoms with Crippen LogP contribution in [0.5, 0.6) is 0 Å². The molecule has 1 saturated heterocycles. The Balaban J connectivity index is 1.82. The lowest BCUT2D eigenvalue weighted by atomic mass is 10.00. The third-order valence-corrected chi connectivity index (χ3v) is 5.87. The van der Waals surface area contributed by atoms with Crippen molar-refractivity contribution in [1.29, 1.82) is 0 Å². The van der Waals surface area contributed by atoms with Crippen molar-refractivity contribution in [2.45, 2.75) is 30.5 Å². The molecule has 1 aliphatic carbocycles. The fraction of sp³-hybridized carbons (Fsp3) is 0.462. The SMILES string of the molecule is Nc1nc(/C(=N\OC2(C(=O)O)CC2)C(=O)N[C@@H]2C(=O)N(S(=O)(=O)O)[C@H]2CF)cs1. The number of halogens is 1. The van der Waals surface area contributed by atoms with Gasteiger partial charge in [-0.3, -0.25) is 14.1 Å². The monoisotopic (exact) mass is 451 g/mol. The second-order valence-electron chi connectivity index (χ2n) is 6.19. The number of hydrogen-bond acceptors (Lipinski definition) is 10. The first-order valence-corrected chi connectivity index (χ1v) is 10.2. The van der Waals surface area contributed by atoms with E-state index >= 15 is 0 Å². The number of aromatic nitrogens is 1. The molecule has 158 valence electrons. The van der Waals surface area contributed by atoms with E-state index in [4.69, 9.17) is 20.2 Å². The summed E-state index contributed by atoms with van der Waals surface area (Å²) in [6.45, 7) is -1.37. The highest BCUT2D eigenvalue weighted by Crippen LogP contribution is 2.40. The predicted octanol–water partition coefficient (Wildman–Crippen LogP) is -1.47. The molecule has 0 aromatic carbocycles. The van der Waals surface area contributed by atoms with Gasteiger partial charge < -0.3 is 21.0 Å². The molecule has 0 radical (unpaired) electrons. The number of carboxylic acid groups (broad SMARTS) is 1. The Morgan fingerprint density at radius 2 is 2.17 bits per heavy atom. The second kappa shape index (κ2) is 7.20. The summed E-state index contributed by atoms with van der Waals surface area (Å²) in [4.78, 5) is 44.5. The number of carbonyl (C=O) groups is 3. The van der Waals surface area contributed by atoms with Crippen molar-refractivity contribution in [2.24, 2.45) is 5.16 Å². The molecule has 2 amide bonds. The average Bonchev–Trinajstić information content (AvgIpc) is 3.31. The molecule has 0 bridgehead atoms. The number of β-lactam (4-membered cyclic amide) rings is 1. The molecule has 29 heavy (non-hydrogen) atoms. The molecule has 1 saturated carbocycles. The number of oxime groups is 1. The molecule has 2 heterocycles. The summed E-state index contributed by atoms with van der Waals surface area (Å²) < 4.78 is 44.3. The highest BCUT2D eigenvalue weighted by Gasteiger charge is 2.56. The zero-order chi connectivity index (χ0) is 21.6. The highest BCUT2D eigenvalue weighted by molar-refractivity contribution is 7.84. The third kappa shape index (κ3) is 3.85. The zero-order valence-corrected chi connectivity index (χ0v) is 15.9. The van der Waals surface area contributed by atoms with E-state index in [1.165, 1.54) is 5.38 Å². The number of rotatable bonds is 8.